The second kappa shape index (κ2) is 10.3. The Labute approximate surface area is 215 Å². The first-order valence-electron chi connectivity index (χ1n) is 12.7. The third kappa shape index (κ3) is 5.00. The molecule has 2 aromatic carbocycles. The molecule has 4 aromatic rings. The largest absolute Gasteiger partial charge is 0.462 e. The SMILES string of the molecule is O=c1ccc2cnc(Nc3ccc(N4CCCCC4)cc3)nc2n1C(Cc1ccccc1)C1=COCO1. The van der Waals surface area contributed by atoms with Gasteiger partial charge in [0.25, 0.3) is 5.56 Å². The predicted molar refractivity (Wildman–Crippen MR) is 144 cm³/mol. The Morgan fingerprint density at radius 3 is 2.51 bits per heavy atom. The van der Waals surface area contributed by atoms with E-state index in [4.69, 9.17) is 14.5 Å². The molecule has 0 amide bonds. The summed E-state index contributed by atoms with van der Waals surface area (Å²) in [5.41, 5.74) is 3.57. The molecule has 0 spiro atoms. The lowest BCUT2D eigenvalue weighted by Gasteiger charge is -2.28. The van der Waals surface area contributed by atoms with Gasteiger partial charge in [0, 0.05) is 48.5 Å². The van der Waals surface area contributed by atoms with Crippen molar-refractivity contribution in [2.45, 2.75) is 31.7 Å². The number of hydrogen-bond donors (Lipinski definition) is 1. The van der Waals surface area contributed by atoms with Crippen molar-refractivity contribution in [3.05, 3.63) is 101 Å². The van der Waals surface area contributed by atoms with E-state index >= 15 is 0 Å². The summed E-state index contributed by atoms with van der Waals surface area (Å²) in [6.07, 6.45) is 7.67. The average Bonchev–Trinajstić information content (AvgIpc) is 3.49. The number of fused-ring (bicyclic) bond motifs is 1. The van der Waals surface area contributed by atoms with Crippen LogP contribution in [0, 0.1) is 0 Å². The van der Waals surface area contributed by atoms with E-state index in [1.807, 2.05) is 42.5 Å². The zero-order valence-electron chi connectivity index (χ0n) is 20.5. The summed E-state index contributed by atoms with van der Waals surface area (Å²) in [7, 11) is 0. The van der Waals surface area contributed by atoms with Gasteiger partial charge in [-0.15, -0.1) is 0 Å². The van der Waals surface area contributed by atoms with Gasteiger partial charge in [-0.3, -0.25) is 9.36 Å². The first-order valence-corrected chi connectivity index (χ1v) is 12.7. The van der Waals surface area contributed by atoms with Gasteiger partial charge in [0.1, 0.15) is 18.0 Å². The predicted octanol–water partition coefficient (Wildman–Crippen LogP) is 5.15. The molecule has 6 rings (SSSR count). The minimum Gasteiger partial charge on any atom is -0.462 e. The summed E-state index contributed by atoms with van der Waals surface area (Å²) in [6, 6.07) is 21.3. The second-order valence-corrected chi connectivity index (χ2v) is 9.39. The molecular formula is C29H29N5O3. The number of aromatic nitrogens is 3. The van der Waals surface area contributed by atoms with Crippen molar-refractivity contribution in [1.82, 2.24) is 14.5 Å². The minimum atomic E-state index is -0.410. The molecule has 0 saturated carbocycles. The minimum absolute atomic E-state index is 0.134. The van der Waals surface area contributed by atoms with Gasteiger partial charge < -0.3 is 19.7 Å². The van der Waals surface area contributed by atoms with Crippen LogP contribution < -0.4 is 15.8 Å². The van der Waals surface area contributed by atoms with Crippen molar-refractivity contribution in [2.24, 2.45) is 0 Å². The number of allylic oxidation sites excluding steroid dienone is 1. The molecule has 1 fully saturated rings. The van der Waals surface area contributed by atoms with Gasteiger partial charge in [-0.2, -0.15) is 4.98 Å². The molecule has 1 atom stereocenters. The van der Waals surface area contributed by atoms with Gasteiger partial charge in [-0.05, 0) is 55.2 Å². The van der Waals surface area contributed by atoms with Crippen LogP contribution in [0.4, 0.5) is 17.3 Å². The summed E-state index contributed by atoms with van der Waals surface area (Å²) in [5, 5.41) is 4.07. The normalized spacial score (nSPS) is 16.1. The summed E-state index contributed by atoms with van der Waals surface area (Å²) in [4.78, 5) is 25.0. The Kier molecular flexibility index (Phi) is 6.45. The molecule has 37 heavy (non-hydrogen) atoms. The highest BCUT2D eigenvalue weighted by Crippen LogP contribution is 2.29. The molecule has 8 nitrogen and oxygen atoms in total. The topological polar surface area (TPSA) is 81.5 Å². The number of ether oxygens (including phenoxy) is 2. The maximum Gasteiger partial charge on any atom is 0.252 e. The number of rotatable bonds is 7. The molecule has 1 unspecified atom stereocenters. The van der Waals surface area contributed by atoms with Gasteiger partial charge in [-0.25, -0.2) is 4.98 Å². The summed E-state index contributed by atoms with van der Waals surface area (Å²) in [6.45, 7) is 2.34. The van der Waals surface area contributed by atoms with Gasteiger partial charge in [0.2, 0.25) is 12.7 Å². The van der Waals surface area contributed by atoms with Gasteiger partial charge in [0.15, 0.2) is 5.76 Å². The van der Waals surface area contributed by atoms with Crippen molar-refractivity contribution in [1.29, 1.82) is 0 Å². The number of piperidine rings is 1. The number of nitrogens with one attached hydrogen (secondary N) is 1. The molecule has 8 heteroatoms. The van der Waals surface area contributed by atoms with E-state index in [1.54, 1.807) is 29.2 Å². The van der Waals surface area contributed by atoms with Crippen LogP contribution in [0.15, 0.2) is 89.7 Å². The quantitative estimate of drug-likeness (QED) is 0.379. The molecule has 0 aliphatic carbocycles. The highest BCUT2D eigenvalue weighted by Gasteiger charge is 2.26. The zero-order valence-corrected chi connectivity index (χ0v) is 20.5. The van der Waals surface area contributed by atoms with Crippen LogP contribution >= 0.6 is 0 Å². The lowest BCUT2D eigenvalue weighted by Crippen LogP contribution is -2.29. The van der Waals surface area contributed by atoms with E-state index in [0.717, 1.165) is 29.7 Å². The summed E-state index contributed by atoms with van der Waals surface area (Å²) in [5.74, 6) is 1.02. The molecule has 2 aliphatic rings. The highest BCUT2D eigenvalue weighted by molar-refractivity contribution is 5.76. The number of anilines is 3. The van der Waals surface area contributed by atoms with Crippen LogP contribution in [-0.2, 0) is 15.9 Å². The number of hydrogen-bond acceptors (Lipinski definition) is 7. The fourth-order valence-electron chi connectivity index (χ4n) is 5.02. The van der Waals surface area contributed by atoms with Crippen LogP contribution in [0.5, 0.6) is 0 Å². The van der Waals surface area contributed by atoms with Crippen LogP contribution in [0.3, 0.4) is 0 Å². The standard InChI is InChI=1S/C29H29N5O3/c35-27-14-9-22-18-30-29(31-23-10-12-24(13-11-23)33-15-5-2-6-16-33)32-28(22)34(27)25(26-19-36-20-37-26)17-21-7-3-1-4-8-21/h1,3-4,7-14,18-19,25H,2,5-6,15-17,20H2,(H,30,31,32). The lowest BCUT2D eigenvalue weighted by molar-refractivity contribution is 0.0712. The van der Waals surface area contributed by atoms with Gasteiger partial charge >= 0.3 is 0 Å². The van der Waals surface area contributed by atoms with E-state index in [9.17, 15) is 4.79 Å². The van der Waals surface area contributed by atoms with Crippen molar-refractivity contribution in [3.8, 4) is 0 Å². The summed E-state index contributed by atoms with van der Waals surface area (Å²) < 4.78 is 12.8. The van der Waals surface area contributed by atoms with E-state index < -0.39 is 6.04 Å². The van der Waals surface area contributed by atoms with Gasteiger partial charge in [-0.1, -0.05) is 30.3 Å². The number of benzene rings is 2. The molecule has 4 heterocycles. The smallest absolute Gasteiger partial charge is 0.252 e. The Bertz CT molecular complexity index is 1460. The number of pyridine rings is 1. The first-order chi connectivity index (χ1) is 18.2. The third-order valence-corrected chi connectivity index (χ3v) is 6.92. The maximum absolute atomic E-state index is 13.2. The van der Waals surface area contributed by atoms with E-state index in [2.05, 4.69) is 27.3 Å². The Morgan fingerprint density at radius 1 is 0.946 bits per heavy atom. The zero-order chi connectivity index (χ0) is 25.0. The molecule has 1 N–H and O–H groups in total. The molecule has 2 aromatic heterocycles. The van der Waals surface area contributed by atoms with Crippen molar-refractivity contribution in [2.75, 3.05) is 30.1 Å². The fourth-order valence-corrected chi connectivity index (χ4v) is 5.02. The Morgan fingerprint density at radius 2 is 1.76 bits per heavy atom. The van der Waals surface area contributed by atoms with Crippen molar-refractivity contribution >= 4 is 28.4 Å². The first kappa shape index (κ1) is 23.1. The second-order valence-electron chi connectivity index (χ2n) is 9.39. The third-order valence-electron chi connectivity index (χ3n) is 6.92. The maximum atomic E-state index is 13.2. The molecule has 2 aliphatic heterocycles. The fraction of sp³-hybridized carbons (Fsp3) is 0.276. The monoisotopic (exact) mass is 495 g/mol. The van der Waals surface area contributed by atoms with Gasteiger partial charge in [0.05, 0.1) is 0 Å². The van der Waals surface area contributed by atoms with Crippen molar-refractivity contribution < 1.29 is 9.47 Å². The van der Waals surface area contributed by atoms with E-state index in [0.29, 0.717) is 23.8 Å². The highest BCUT2D eigenvalue weighted by atomic mass is 16.7. The summed E-state index contributed by atoms with van der Waals surface area (Å²) >= 11 is 0. The van der Waals surface area contributed by atoms with Crippen LogP contribution in [0.25, 0.3) is 11.0 Å². The number of nitrogens with zero attached hydrogens (tertiary/aromatic N) is 4. The van der Waals surface area contributed by atoms with Crippen LogP contribution in [0.1, 0.15) is 30.9 Å². The molecule has 188 valence electrons. The van der Waals surface area contributed by atoms with E-state index in [1.165, 1.54) is 24.9 Å². The van der Waals surface area contributed by atoms with E-state index in [-0.39, 0.29) is 12.4 Å². The average molecular weight is 496 g/mol. The Hall–Kier alpha value is -4.33. The molecule has 1 saturated heterocycles. The molecule has 0 radical (unpaired) electrons. The molecule has 0 bridgehead atoms. The van der Waals surface area contributed by atoms with Crippen LogP contribution in [-0.4, -0.2) is 34.4 Å². The lowest BCUT2D eigenvalue weighted by atomic mass is 10.0. The Balaban J connectivity index is 1.33. The van der Waals surface area contributed by atoms with Crippen molar-refractivity contribution in [3.63, 3.8) is 0 Å². The van der Waals surface area contributed by atoms with Crippen LogP contribution in [0.2, 0.25) is 0 Å². The molecular weight excluding hydrogens is 466 g/mol.